The van der Waals surface area contributed by atoms with E-state index >= 15 is 0 Å². The lowest BCUT2D eigenvalue weighted by atomic mass is 10.0. The standard InChI is InChI=1S/C14H26N4O/c1-10(2)7-13(15)14(19)17-8-11(3)9-18-6-5-16-12(18)4/h5-6,10-11,13H,7-9,15H2,1-4H3,(H,17,19)/t11?,13-/m0/s1. The van der Waals surface area contributed by atoms with Crippen LogP contribution >= 0.6 is 0 Å². The third kappa shape index (κ3) is 5.42. The molecular formula is C14H26N4O. The molecule has 3 N–H and O–H groups in total. The Morgan fingerprint density at radius 2 is 2.16 bits per heavy atom. The Bertz CT molecular complexity index is 400. The van der Waals surface area contributed by atoms with Crippen molar-refractivity contribution in [1.29, 1.82) is 0 Å². The normalized spacial score (nSPS) is 14.4. The zero-order chi connectivity index (χ0) is 14.4. The summed E-state index contributed by atoms with van der Waals surface area (Å²) in [5.41, 5.74) is 5.84. The van der Waals surface area contributed by atoms with Crippen LogP contribution in [0.15, 0.2) is 12.4 Å². The third-order valence-corrected chi connectivity index (χ3v) is 3.12. The van der Waals surface area contributed by atoms with Gasteiger partial charge in [0.15, 0.2) is 0 Å². The number of imidazole rings is 1. The van der Waals surface area contributed by atoms with E-state index in [1.165, 1.54) is 0 Å². The molecule has 0 bridgehead atoms. The van der Waals surface area contributed by atoms with Crippen molar-refractivity contribution in [1.82, 2.24) is 14.9 Å². The highest BCUT2D eigenvalue weighted by Crippen LogP contribution is 2.04. The molecule has 1 heterocycles. The molecule has 0 aliphatic carbocycles. The Morgan fingerprint density at radius 1 is 1.47 bits per heavy atom. The molecule has 5 nitrogen and oxygen atoms in total. The summed E-state index contributed by atoms with van der Waals surface area (Å²) in [5.74, 6) is 1.73. The number of nitrogens with two attached hydrogens (primary N) is 1. The molecule has 1 aromatic heterocycles. The third-order valence-electron chi connectivity index (χ3n) is 3.12. The highest BCUT2D eigenvalue weighted by atomic mass is 16.2. The van der Waals surface area contributed by atoms with Gasteiger partial charge in [0.05, 0.1) is 6.04 Å². The Balaban J connectivity index is 2.32. The highest BCUT2D eigenvalue weighted by Gasteiger charge is 2.15. The summed E-state index contributed by atoms with van der Waals surface area (Å²) in [6.07, 6.45) is 4.47. The lowest BCUT2D eigenvalue weighted by Crippen LogP contribution is -2.43. The van der Waals surface area contributed by atoms with Crippen LogP contribution in [0.2, 0.25) is 0 Å². The van der Waals surface area contributed by atoms with Crippen LogP contribution in [0.5, 0.6) is 0 Å². The summed E-state index contributed by atoms with van der Waals surface area (Å²) in [7, 11) is 0. The van der Waals surface area contributed by atoms with Crippen molar-refractivity contribution >= 4 is 5.91 Å². The number of carbonyl (C=O) groups is 1. The van der Waals surface area contributed by atoms with Gasteiger partial charge >= 0.3 is 0 Å². The van der Waals surface area contributed by atoms with E-state index in [1.54, 1.807) is 6.20 Å². The fraction of sp³-hybridized carbons (Fsp3) is 0.714. The summed E-state index contributed by atoms with van der Waals surface area (Å²) < 4.78 is 2.09. The molecule has 108 valence electrons. The molecule has 0 aliphatic rings. The topological polar surface area (TPSA) is 72.9 Å². The molecule has 1 unspecified atom stereocenters. The van der Waals surface area contributed by atoms with Gasteiger partial charge in [-0.3, -0.25) is 4.79 Å². The van der Waals surface area contributed by atoms with Crippen LogP contribution in [0.25, 0.3) is 0 Å². The van der Waals surface area contributed by atoms with E-state index < -0.39 is 6.04 Å². The van der Waals surface area contributed by atoms with Gasteiger partial charge in [0.2, 0.25) is 5.91 Å². The Morgan fingerprint density at radius 3 is 2.68 bits per heavy atom. The van der Waals surface area contributed by atoms with Crippen LogP contribution < -0.4 is 11.1 Å². The van der Waals surface area contributed by atoms with Crippen LogP contribution in [0.3, 0.4) is 0 Å². The summed E-state index contributed by atoms with van der Waals surface area (Å²) in [5, 5.41) is 2.92. The predicted octanol–water partition coefficient (Wildman–Crippen LogP) is 1.32. The summed E-state index contributed by atoms with van der Waals surface area (Å²) >= 11 is 0. The van der Waals surface area contributed by atoms with Crippen molar-refractivity contribution in [2.75, 3.05) is 6.54 Å². The Kier molecular flexibility index (Phi) is 6.02. The first kappa shape index (κ1) is 15.7. The van der Waals surface area contributed by atoms with Crippen molar-refractivity contribution in [3.8, 4) is 0 Å². The number of nitrogens with zero attached hydrogens (tertiary/aromatic N) is 2. The lowest BCUT2D eigenvalue weighted by Gasteiger charge is -2.17. The molecule has 0 saturated heterocycles. The molecule has 5 heteroatoms. The van der Waals surface area contributed by atoms with E-state index in [9.17, 15) is 4.79 Å². The van der Waals surface area contributed by atoms with Crippen molar-refractivity contribution in [2.45, 2.75) is 46.7 Å². The quantitative estimate of drug-likeness (QED) is 0.781. The number of hydrogen-bond donors (Lipinski definition) is 2. The van der Waals surface area contributed by atoms with Crippen molar-refractivity contribution in [2.24, 2.45) is 17.6 Å². The van der Waals surface area contributed by atoms with E-state index in [1.807, 2.05) is 13.1 Å². The molecule has 0 aromatic carbocycles. The first-order valence-electron chi connectivity index (χ1n) is 6.91. The Hall–Kier alpha value is -1.36. The number of carbonyl (C=O) groups excluding carboxylic acids is 1. The number of aryl methyl sites for hydroxylation is 1. The van der Waals surface area contributed by atoms with Gasteiger partial charge in [-0.1, -0.05) is 20.8 Å². The number of hydrogen-bond acceptors (Lipinski definition) is 3. The SMILES string of the molecule is Cc1nccn1CC(C)CNC(=O)[C@@H](N)CC(C)C. The second-order valence-electron chi connectivity index (χ2n) is 5.71. The van der Waals surface area contributed by atoms with E-state index in [4.69, 9.17) is 5.73 Å². The predicted molar refractivity (Wildman–Crippen MR) is 76.6 cm³/mol. The average Bonchev–Trinajstić information content (AvgIpc) is 2.71. The van der Waals surface area contributed by atoms with E-state index in [0.29, 0.717) is 18.4 Å². The monoisotopic (exact) mass is 266 g/mol. The lowest BCUT2D eigenvalue weighted by molar-refractivity contribution is -0.122. The molecule has 1 rings (SSSR count). The summed E-state index contributed by atoms with van der Waals surface area (Å²) in [6.45, 7) is 9.71. The summed E-state index contributed by atoms with van der Waals surface area (Å²) in [6, 6.07) is -0.401. The zero-order valence-electron chi connectivity index (χ0n) is 12.4. The minimum Gasteiger partial charge on any atom is -0.354 e. The van der Waals surface area contributed by atoms with Gasteiger partial charge in [-0.15, -0.1) is 0 Å². The molecule has 0 spiro atoms. The second kappa shape index (κ2) is 7.28. The van der Waals surface area contributed by atoms with Gasteiger partial charge in [0, 0.05) is 25.5 Å². The molecule has 19 heavy (non-hydrogen) atoms. The molecule has 2 atom stereocenters. The molecule has 1 aromatic rings. The minimum absolute atomic E-state index is 0.0529. The molecule has 0 radical (unpaired) electrons. The largest absolute Gasteiger partial charge is 0.354 e. The van der Waals surface area contributed by atoms with E-state index in [-0.39, 0.29) is 5.91 Å². The minimum atomic E-state index is -0.401. The number of amides is 1. The first-order valence-corrected chi connectivity index (χ1v) is 6.91. The fourth-order valence-electron chi connectivity index (χ4n) is 2.02. The molecule has 1 amide bonds. The zero-order valence-corrected chi connectivity index (χ0v) is 12.4. The molecule has 0 saturated carbocycles. The van der Waals surface area contributed by atoms with Crippen LogP contribution in [-0.4, -0.2) is 28.0 Å². The second-order valence-corrected chi connectivity index (χ2v) is 5.71. The van der Waals surface area contributed by atoms with Crippen LogP contribution in [-0.2, 0) is 11.3 Å². The number of aromatic nitrogens is 2. The maximum atomic E-state index is 11.8. The van der Waals surface area contributed by atoms with Gasteiger partial charge in [0.25, 0.3) is 0 Å². The fourth-order valence-corrected chi connectivity index (χ4v) is 2.02. The van der Waals surface area contributed by atoms with E-state index in [0.717, 1.165) is 18.8 Å². The van der Waals surface area contributed by atoms with E-state index in [2.05, 4.69) is 35.6 Å². The molecule has 0 aliphatic heterocycles. The van der Waals surface area contributed by atoms with Gasteiger partial charge in [-0.2, -0.15) is 0 Å². The van der Waals surface area contributed by atoms with Crippen LogP contribution in [0, 0.1) is 18.8 Å². The van der Waals surface area contributed by atoms with Crippen LogP contribution in [0.1, 0.15) is 33.0 Å². The molecule has 0 fully saturated rings. The van der Waals surface area contributed by atoms with Gasteiger partial charge < -0.3 is 15.6 Å². The maximum absolute atomic E-state index is 11.8. The van der Waals surface area contributed by atoms with Crippen molar-refractivity contribution in [3.05, 3.63) is 18.2 Å². The van der Waals surface area contributed by atoms with Crippen molar-refractivity contribution < 1.29 is 4.79 Å². The maximum Gasteiger partial charge on any atom is 0.236 e. The van der Waals surface area contributed by atoms with Gasteiger partial charge in [-0.05, 0) is 25.2 Å². The smallest absolute Gasteiger partial charge is 0.236 e. The number of nitrogens with one attached hydrogen (secondary N) is 1. The molecular weight excluding hydrogens is 240 g/mol. The highest BCUT2D eigenvalue weighted by molar-refractivity contribution is 5.81. The summed E-state index contributed by atoms with van der Waals surface area (Å²) in [4.78, 5) is 16.0. The number of rotatable bonds is 7. The van der Waals surface area contributed by atoms with Crippen LogP contribution in [0.4, 0.5) is 0 Å². The van der Waals surface area contributed by atoms with Crippen molar-refractivity contribution in [3.63, 3.8) is 0 Å². The average molecular weight is 266 g/mol. The van der Waals surface area contributed by atoms with Gasteiger partial charge in [0.1, 0.15) is 5.82 Å². The Labute approximate surface area is 115 Å². The van der Waals surface area contributed by atoms with Gasteiger partial charge in [-0.25, -0.2) is 4.98 Å². The first-order chi connectivity index (χ1) is 8.90.